The van der Waals surface area contributed by atoms with Crippen LogP contribution in [-0.2, 0) is 0 Å². The zero-order chi connectivity index (χ0) is 12.1. The maximum Gasteiger partial charge on any atom is 0.0598 e. The van der Waals surface area contributed by atoms with Gasteiger partial charge in [-0.05, 0) is 37.5 Å². The molecule has 90 valence electrons. The molecule has 0 spiro atoms. The smallest absolute Gasteiger partial charge is 0.0598 e. The number of benzene rings is 1. The third-order valence-corrected chi connectivity index (χ3v) is 3.29. The molecule has 2 heteroatoms. The fraction of sp³-hybridized carbons (Fsp3) is 0.467. The molecule has 0 unspecified atom stereocenters. The molecule has 2 rings (SSSR count). The molecule has 2 nitrogen and oxygen atoms in total. The summed E-state index contributed by atoms with van der Waals surface area (Å²) in [5.41, 5.74) is 2.54. The lowest BCUT2D eigenvalue weighted by Gasteiger charge is -2.31. The molecule has 1 aromatic carbocycles. The van der Waals surface area contributed by atoms with E-state index in [4.69, 9.17) is 6.42 Å². The third-order valence-electron chi connectivity index (χ3n) is 3.29. The quantitative estimate of drug-likeness (QED) is 0.800. The molecule has 0 atom stereocenters. The monoisotopic (exact) mass is 228 g/mol. The van der Waals surface area contributed by atoms with Crippen molar-refractivity contribution in [3.63, 3.8) is 0 Å². The summed E-state index contributed by atoms with van der Waals surface area (Å²) >= 11 is 0. The number of nitrogens with one attached hydrogen (secondary N) is 1. The lowest BCUT2D eigenvalue weighted by atomic mass is 10.0. The van der Waals surface area contributed by atoms with Gasteiger partial charge < -0.3 is 5.32 Å². The second kappa shape index (κ2) is 5.75. The normalized spacial score (nSPS) is 17.6. The van der Waals surface area contributed by atoms with Crippen molar-refractivity contribution in [2.24, 2.45) is 0 Å². The van der Waals surface area contributed by atoms with Crippen LogP contribution < -0.4 is 5.32 Å². The first-order valence-electron chi connectivity index (χ1n) is 6.27. The Bertz CT molecular complexity index is 398. The second-order valence-electron chi connectivity index (χ2n) is 4.77. The van der Waals surface area contributed by atoms with E-state index in [1.165, 1.54) is 24.1 Å². The minimum atomic E-state index is 0.589. The van der Waals surface area contributed by atoms with Crippen LogP contribution in [0.25, 0.3) is 0 Å². The highest BCUT2D eigenvalue weighted by Gasteiger charge is 2.17. The zero-order valence-electron chi connectivity index (χ0n) is 10.4. The number of nitrogens with zero attached hydrogens (tertiary/aromatic N) is 1. The molecule has 1 fully saturated rings. The summed E-state index contributed by atoms with van der Waals surface area (Å²) < 4.78 is 0. The third kappa shape index (κ3) is 3.51. The van der Waals surface area contributed by atoms with E-state index in [1.54, 1.807) is 0 Å². The lowest BCUT2D eigenvalue weighted by Crippen LogP contribution is -2.39. The Morgan fingerprint density at radius 3 is 2.82 bits per heavy atom. The Kier molecular flexibility index (Phi) is 4.06. The molecule has 0 radical (unpaired) electrons. The Hall–Kier alpha value is -1.46. The van der Waals surface area contributed by atoms with Gasteiger partial charge in [-0.25, -0.2) is 0 Å². The summed E-state index contributed by atoms with van der Waals surface area (Å²) in [5, 5.41) is 3.61. The highest BCUT2D eigenvalue weighted by Crippen LogP contribution is 2.17. The fourth-order valence-corrected chi connectivity index (χ4v) is 2.34. The number of anilines is 1. The number of rotatable bonds is 3. The van der Waals surface area contributed by atoms with Crippen LogP contribution in [0.2, 0.25) is 0 Å². The molecule has 17 heavy (non-hydrogen) atoms. The van der Waals surface area contributed by atoms with Gasteiger partial charge in [0, 0.05) is 24.8 Å². The first-order valence-corrected chi connectivity index (χ1v) is 6.27. The molecule has 0 aromatic heterocycles. The van der Waals surface area contributed by atoms with Crippen LogP contribution >= 0.6 is 0 Å². The van der Waals surface area contributed by atoms with Gasteiger partial charge in [-0.15, -0.1) is 6.42 Å². The van der Waals surface area contributed by atoms with E-state index < -0.39 is 0 Å². The highest BCUT2D eigenvalue weighted by atomic mass is 15.1. The minimum Gasteiger partial charge on any atom is -0.382 e. The second-order valence-corrected chi connectivity index (χ2v) is 4.77. The van der Waals surface area contributed by atoms with Gasteiger partial charge in [0.15, 0.2) is 0 Å². The number of piperidine rings is 1. The molecular weight excluding hydrogens is 208 g/mol. The summed E-state index contributed by atoms with van der Waals surface area (Å²) in [6.45, 7) is 5.12. The van der Waals surface area contributed by atoms with E-state index in [0.29, 0.717) is 6.04 Å². The summed E-state index contributed by atoms with van der Waals surface area (Å²) in [5.74, 6) is 2.71. The summed E-state index contributed by atoms with van der Waals surface area (Å²) in [6.07, 6.45) is 7.68. The lowest BCUT2D eigenvalue weighted by molar-refractivity contribution is 0.243. The van der Waals surface area contributed by atoms with Crippen LogP contribution in [-0.4, -0.2) is 30.6 Å². The average molecular weight is 228 g/mol. The van der Waals surface area contributed by atoms with Gasteiger partial charge in [-0.1, -0.05) is 18.1 Å². The molecule has 0 amide bonds. The molecule has 0 saturated carbocycles. The fourth-order valence-electron chi connectivity index (χ4n) is 2.34. The predicted octanol–water partition coefficient (Wildman–Crippen LogP) is 2.50. The van der Waals surface area contributed by atoms with Crippen molar-refractivity contribution < 1.29 is 0 Å². The summed E-state index contributed by atoms with van der Waals surface area (Å²) in [7, 11) is 0. The van der Waals surface area contributed by atoms with Crippen molar-refractivity contribution >= 4 is 5.69 Å². The molecule has 1 aliphatic heterocycles. The van der Waals surface area contributed by atoms with E-state index in [0.717, 1.165) is 19.6 Å². The number of hydrogen-bond acceptors (Lipinski definition) is 2. The molecule has 1 N–H and O–H groups in total. The van der Waals surface area contributed by atoms with Crippen molar-refractivity contribution in [3.8, 4) is 12.3 Å². The van der Waals surface area contributed by atoms with Gasteiger partial charge in [0.2, 0.25) is 0 Å². The summed E-state index contributed by atoms with van der Waals surface area (Å²) in [6, 6.07) is 9.16. The minimum absolute atomic E-state index is 0.589. The van der Waals surface area contributed by atoms with Gasteiger partial charge in [0.25, 0.3) is 0 Å². The van der Waals surface area contributed by atoms with Crippen molar-refractivity contribution in [2.75, 3.05) is 25.0 Å². The molecule has 1 heterocycles. The Labute approximate surface area is 104 Å². The van der Waals surface area contributed by atoms with E-state index in [9.17, 15) is 0 Å². The zero-order valence-corrected chi connectivity index (χ0v) is 10.4. The number of aryl methyl sites for hydroxylation is 1. The van der Waals surface area contributed by atoms with Gasteiger partial charge in [0.05, 0.1) is 6.54 Å². The van der Waals surface area contributed by atoms with Crippen LogP contribution in [0.5, 0.6) is 0 Å². The largest absolute Gasteiger partial charge is 0.382 e. The number of likely N-dealkylation sites (tertiary alicyclic amines) is 1. The molecule has 0 bridgehead atoms. The van der Waals surface area contributed by atoms with Crippen LogP contribution in [0, 0.1) is 19.3 Å². The van der Waals surface area contributed by atoms with E-state index in [1.807, 2.05) is 0 Å². The first kappa shape index (κ1) is 12.0. The molecule has 1 aliphatic rings. The van der Waals surface area contributed by atoms with Gasteiger partial charge in [0.1, 0.15) is 0 Å². The van der Waals surface area contributed by atoms with Crippen molar-refractivity contribution in [1.82, 2.24) is 4.90 Å². The predicted molar refractivity (Wildman–Crippen MR) is 73.1 cm³/mol. The first-order chi connectivity index (χ1) is 8.28. The maximum absolute atomic E-state index is 5.33. The average Bonchev–Trinajstić information content (AvgIpc) is 2.32. The van der Waals surface area contributed by atoms with Crippen molar-refractivity contribution in [2.45, 2.75) is 25.8 Å². The highest BCUT2D eigenvalue weighted by molar-refractivity contribution is 5.46. The molecule has 0 aliphatic carbocycles. The van der Waals surface area contributed by atoms with Crippen molar-refractivity contribution in [3.05, 3.63) is 29.8 Å². The topological polar surface area (TPSA) is 15.3 Å². The van der Waals surface area contributed by atoms with Crippen molar-refractivity contribution in [1.29, 1.82) is 0 Å². The Balaban J connectivity index is 1.84. The van der Waals surface area contributed by atoms with Gasteiger partial charge >= 0.3 is 0 Å². The summed E-state index contributed by atoms with van der Waals surface area (Å²) in [4.78, 5) is 2.34. The molecule has 1 saturated heterocycles. The van der Waals surface area contributed by atoms with E-state index in [2.05, 4.69) is 47.3 Å². The van der Waals surface area contributed by atoms with Crippen LogP contribution in [0.15, 0.2) is 24.3 Å². The van der Waals surface area contributed by atoms with Crippen LogP contribution in [0.4, 0.5) is 5.69 Å². The maximum atomic E-state index is 5.33. The van der Waals surface area contributed by atoms with Crippen LogP contribution in [0.3, 0.4) is 0 Å². The van der Waals surface area contributed by atoms with E-state index >= 15 is 0 Å². The van der Waals surface area contributed by atoms with Gasteiger partial charge in [-0.3, -0.25) is 4.90 Å². The standard InChI is InChI=1S/C15H20N2/c1-3-9-17-10-7-14(8-11-17)16-15-6-4-5-13(2)12-15/h1,4-6,12,14,16H,7-11H2,2H3. The number of terminal acetylenes is 1. The number of hydrogen-bond donors (Lipinski definition) is 1. The SMILES string of the molecule is C#CCN1CCC(Nc2cccc(C)c2)CC1. The van der Waals surface area contributed by atoms with E-state index in [-0.39, 0.29) is 0 Å². The Morgan fingerprint density at radius 1 is 1.41 bits per heavy atom. The molecular formula is C15H20N2. The van der Waals surface area contributed by atoms with Gasteiger partial charge in [-0.2, -0.15) is 0 Å². The van der Waals surface area contributed by atoms with Crippen LogP contribution in [0.1, 0.15) is 18.4 Å². The molecule has 1 aromatic rings. The Morgan fingerprint density at radius 2 is 2.18 bits per heavy atom.